The Morgan fingerprint density at radius 2 is 2.08 bits per heavy atom. The molecule has 0 radical (unpaired) electrons. The molecule has 8 heteroatoms. The highest BCUT2D eigenvalue weighted by molar-refractivity contribution is 5.92. The Labute approximate surface area is 138 Å². The molecule has 1 aliphatic heterocycles. The minimum atomic E-state index is 0.0140. The first-order valence-electron chi connectivity index (χ1n) is 7.92. The van der Waals surface area contributed by atoms with Crippen molar-refractivity contribution in [3.8, 4) is 0 Å². The van der Waals surface area contributed by atoms with Crippen LogP contribution in [0.15, 0.2) is 43.0 Å². The molecule has 3 aromatic heterocycles. The summed E-state index contributed by atoms with van der Waals surface area (Å²) in [5.74, 6) is 0.957. The molecule has 4 heterocycles. The molecule has 0 aromatic carbocycles. The van der Waals surface area contributed by atoms with Gasteiger partial charge in [0.05, 0.1) is 11.9 Å². The van der Waals surface area contributed by atoms with Crippen molar-refractivity contribution in [3.05, 3.63) is 43.0 Å². The van der Waals surface area contributed by atoms with Gasteiger partial charge in [-0.3, -0.25) is 9.78 Å². The van der Waals surface area contributed by atoms with E-state index in [1.54, 1.807) is 23.2 Å². The molecule has 0 aliphatic carbocycles. The number of rotatable bonds is 3. The molecule has 1 fully saturated rings. The third kappa shape index (κ3) is 2.90. The monoisotopic (exact) mass is 323 g/mol. The Balaban J connectivity index is 1.38. The second-order valence-corrected chi connectivity index (χ2v) is 5.82. The molecule has 0 atom stereocenters. The van der Waals surface area contributed by atoms with Gasteiger partial charge in [0.2, 0.25) is 5.91 Å². The van der Waals surface area contributed by atoms with Gasteiger partial charge in [-0.2, -0.15) is 4.52 Å². The maximum absolute atomic E-state index is 12.4. The maximum atomic E-state index is 12.4. The van der Waals surface area contributed by atoms with E-state index in [1.807, 2.05) is 24.3 Å². The quantitative estimate of drug-likeness (QED) is 0.783. The van der Waals surface area contributed by atoms with Gasteiger partial charge in [0, 0.05) is 25.2 Å². The van der Waals surface area contributed by atoms with Gasteiger partial charge in [0.25, 0.3) is 0 Å². The number of fused-ring (bicyclic) bond motifs is 1. The number of carbonyl (C=O) groups is 1. The first kappa shape index (κ1) is 14.6. The van der Waals surface area contributed by atoms with Gasteiger partial charge >= 0.3 is 0 Å². The maximum Gasteiger partial charge on any atom is 0.227 e. The summed E-state index contributed by atoms with van der Waals surface area (Å²) in [6.07, 6.45) is 6.54. The smallest absolute Gasteiger partial charge is 0.227 e. The molecule has 1 saturated heterocycles. The normalized spacial score (nSPS) is 15.6. The van der Waals surface area contributed by atoms with E-state index in [0.29, 0.717) is 0 Å². The average Bonchev–Trinajstić information content (AvgIpc) is 3.10. The lowest BCUT2D eigenvalue weighted by atomic mass is 9.96. The van der Waals surface area contributed by atoms with E-state index in [4.69, 9.17) is 0 Å². The topological polar surface area (TPSA) is 88.3 Å². The molecule has 4 rings (SSSR count). The standard InChI is InChI=1S/C16H17N7O/c24-16(19-13-2-1-7-17-10-13)12-5-8-22(9-6-12)15-4-3-14-20-18-11-23(14)21-15/h1-4,7,10-12H,5-6,8-9H2,(H,19,24). The summed E-state index contributed by atoms with van der Waals surface area (Å²) < 4.78 is 1.66. The van der Waals surface area contributed by atoms with E-state index >= 15 is 0 Å². The van der Waals surface area contributed by atoms with Crippen molar-refractivity contribution in [2.24, 2.45) is 5.92 Å². The average molecular weight is 323 g/mol. The third-order valence-corrected chi connectivity index (χ3v) is 4.27. The number of hydrogen-bond acceptors (Lipinski definition) is 6. The lowest BCUT2D eigenvalue weighted by molar-refractivity contribution is -0.120. The predicted molar refractivity (Wildman–Crippen MR) is 88.6 cm³/mol. The van der Waals surface area contributed by atoms with Gasteiger partial charge in [-0.1, -0.05) is 0 Å². The number of pyridine rings is 1. The Bertz CT molecular complexity index is 840. The van der Waals surface area contributed by atoms with Crippen LogP contribution in [0.2, 0.25) is 0 Å². The van der Waals surface area contributed by atoms with Crippen LogP contribution in [0.3, 0.4) is 0 Å². The molecular formula is C16H17N7O. The van der Waals surface area contributed by atoms with E-state index in [1.165, 1.54) is 0 Å². The van der Waals surface area contributed by atoms with Crippen LogP contribution >= 0.6 is 0 Å². The molecule has 1 aliphatic rings. The molecule has 3 aromatic rings. The SMILES string of the molecule is O=C(Nc1cccnc1)C1CCN(c2ccc3nncn3n2)CC1. The molecule has 0 saturated carbocycles. The van der Waals surface area contributed by atoms with E-state index < -0.39 is 0 Å². The lowest BCUT2D eigenvalue weighted by Crippen LogP contribution is -2.38. The van der Waals surface area contributed by atoms with Crippen molar-refractivity contribution in [2.45, 2.75) is 12.8 Å². The highest BCUT2D eigenvalue weighted by atomic mass is 16.1. The van der Waals surface area contributed by atoms with E-state index in [9.17, 15) is 4.79 Å². The largest absolute Gasteiger partial charge is 0.355 e. The van der Waals surface area contributed by atoms with Gasteiger partial charge in [-0.05, 0) is 37.1 Å². The minimum Gasteiger partial charge on any atom is -0.355 e. The molecule has 8 nitrogen and oxygen atoms in total. The Kier molecular flexibility index (Phi) is 3.78. The highest BCUT2D eigenvalue weighted by Gasteiger charge is 2.26. The second kappa shape index (κ2) is 6.23. The van der Waals surface area contributed by atoms with Crippen molar-refractivity contribution in [3.63, 3.8) is 0 Å². The van der Waals surface area contributed by atoms with E-state index in [0.717, 1.165) is 43.1 Å². The molecule has 0 spiro atoms. The van der Waals surface area contributed by atoms with Crippen molar-refractivity contribution in [1.82, 2.24) is 24.8 Å². The zero-order valence-electron chi connectivity index (χ0n) is 13.0. The van der Waals surface area contributed by atoms with Crippen LogP contribution in [0, 0.1) is 5.92 Å². The fraction of sp³-hybridized carbons (Fsp3) is 0.312. The summed E-state index contributed by atoms with van der Waals surface area (Å²) >= 11 is 0. The van der Waals surface area contributed by atoms with Crippen LogP contribution in [-0.2, 0) is 4.79 Å². The molecule has 1 amide bonds. The van der Waals surface area contributed by atoms with Crippen molar-refractivity contribution in [2.75, 3.05) is 23.3 Å². The number of anilines is 2. The van der Waals surface area contributed by atoms with E-state index in [-0.39, 0.29) is 11.8 Å². The fourth-order valence-electron chi connectivity index (χ4n) is 2.94. The number of piperidine rings is 1. The number of carbonyl (C=O) groups excluding carboxylic acids is 1. The zero-order chi connectivity index (χ0) is 16.4. The summed E-state index contributed by atoms with van der Waals surface area (Å²) in [4.78, 5) is 18.6. The Morgan fingerprint density at radius 1 is 1.21 bits per heavy atom. The number of aromatic nitrogens is 5. The first-order valence-corrected chi connectivity index (χ1v) is 7.92. The second-order valence-electron chi connectivity index (χ2n) is 5.82. The summed E-state index contributed by atoms with van der Waals surface area (Å²) in [5, 5.41) is 15.2. The number of hydrogen-bond donors (Lipinski definition) is 1. The number of amides is 1. The molecule has 0 bridgehead atoms. The van der Waals surface area contributed by atoms with Crippen molar-refractivity contribution < 1.29 is 4.79 Å². The molecule has 0 unspecified atom stereocenters. The van der Waals surface area contributed by atoms with Gasteiger partial charge in [-0.25, -0.2) is 0 Å². The van der Waals surface area contributed by atoms with Gasteiger partial charge in [-0.15, -0.1) is 15.3 Å². The van der Waals surface area contributed by atoms with Crippen LogP contribution in [0.4, 0.5) is 11.5 Å². The fourth-order valence-corrected chi connectivity index (χ4v) is 2.94. The van der Waals surface area contributed by atoms with Crippen LogP contribution in [0.5, 0.6) is 0 Å². The van der Waals surface area contributed by atoms with Crippen LogP contribution < -0.4 is 10.2 Å². The highest BCUT2D eigenvalue weighted by Crippen LogP contribution is 2.23. The van der Waals surface area contributed by atoms with Gasteiger partial charge in [0.15, 0.2) is 5.65 Å². The summed E-state index contributed by atoms with van der Waals surface area (Å²) in [5.41, 5.74) is 1.47. The number of nitrogens with zero attached hydrogens (tertiary/aromatic N) is 6. The third-order valence-electron chi connectivity index (χ3n) is 4.27. The Morgan fingerprint density at radius 3 is 2.88 bits per heavy atom. The van der Waals surface area contributed by atoms with E-state index in [2.05, 4.69) is 30.5 Å². The zero-order valence-corrected chi connectivity index (χ0v) is 13.0. The molecule has 122 valence electrons. The summed E-state index contributed by atoms with van der Waals surface area (Å²) in [7, 11) is 0. The summed E-state index contributed by atoms with van der Waals surface area (Å²) in [6.45, 7) is 1.59. The van der Waals surface area contributed by atoms with Gasteiger partial charge < -0.3 is 10.2 Å². The van der Waals surface area contributed by atoms with Crippen LogP contribution in [0.1, 0.15) is 12.8 Å². The minimum absolute atomic E-state index is 0.0140. The first-order chi connectivity index (χ1) is 11.8. The van der Waals surface area contributed by atoms with Crippen LogP contribution in [-0.4, -0.2) is 43.8 Å². The van der Waals surface area contributed by atoms with Crippen molar-refractivity contribution >= 4 is 23.1 Å². The van der Waals surface area contributed by atoms with Crippen LogP contribution in [0.25, 0.3) is 5.65 Å². The van der Waals surface area contributed by atoms with Crippen molar-refractivity contribution in [1.29, 1.82) is 0 Å². The summed E-state index contributed by atoms with van der Waals surface area (Å²) in [6, 6.07) is 7.50. The number of nitrogens with one attached hydrogen (secondary N) is 1. The van der Waals surface area contributed by atoms with Gasteiger partial charge in [0.1, 0.15) is 12.1 Å². The lowest BCUT2D eigenvalue weighted by Gasteiger charge is -2.31. The molecular weight excluding hydrogens is 306 g/mol. The molecule has 24 heavy (non-hydrogen) atoms. The Hall–Kier alpha value is -3.03. The predicted octanol–water partition coefficient (Wildman–Crippen LogP) is 1.37. The molecule has 1 N–H and O–H groups in total.